The van der Waals surface area contributed by atoms with Gasteiger partial charge in [-0.15, -0.1) is 11.3 Å². The van der Waals surface area contributed by atoms with Crippen molar-refractivity contribution in [1.29, 1.82) is 0 Å². The van der Waals surface area contributed by atoms with Crippen molar-refractivity contribution >= 4 is 27.4 Å². The Morgan fingerprint density at radius 1 is 1.18 bits per heavy atom. The number of rotatable bonds is 1. The third-order valence-corrected chi connectivity index (χ3v) is 3.46. The fourth-order valence-corrected chi connectivity index (χ4v) is 2.55. The molecule has 0 amide bonds. The van der Waals surface area contributed by atoms with Crippen molar-refractivity contribution in [3.8, 4) is 10.6 Å². The summed E-state index contributed by atoms with van der Waals surface area (Å²) >= 11 is 1.51. The Labute approximate surface area is 101 Å². The second kappa shape index (κ2) is 3.78. The Kier molecular flexibility index (Phi) is 2.26. The molecule has 0 atom stereocenters. The number of fused-ring (bicyclic) bond motifs is 1. The molecule has 0 unspecified atom stereocenters. The molecule has 0 saturated carbocycles. The number of benzene rings is 1. The molecule has 2 aromatic heterocycles. The van der Waals surface area contributed by atoms with Gasteiger partial charge in [0, 0.05) is 17.8 Å². The molecule has 0 aliphatic carbocycles. The Balaban J connectivity index is 2.18. The molecule has 3 nitrogen and oxygen atoms in total. The van der Waals surface area contributed by atoms with E-state index < -0.39 is 0 Å². The van der Waals surface area contributed by atoms with Gasteiger partial charge in [-0.2, -0.15) is 0 Å². The van der Waals surface area contributed by atoms with Crippen LogP contribution in [0.15, 0.2) is 36.5 Å². The quantitative estimate of drug-likeness (QED) is 0.716. The van der Waals surface area contributed by atoms with Crippen molar-refractivity contribution in [3.63, 3.8) is 0 Å². The maximum absolute atomic E-state index is 13.0. The molecule has 0 saturated heterocycles. The van der Waals surface area contributed by atoms with Crippen molar-refractivity contribution in [2.75, 3.05) is 5.73 Å². The predicted octanol–water partition coefficient (Wildman–Crippen LogP) is 3.08. The zero-order chi connectivity index (χ0) is 11.8. The molecular formula is C12H8FN3S. The molecule has 5 heteroatoms. The van der Waals surface area contributed by atoms with Crippen molar-refractivity contribution in [2.45, 2.75) is 0 Å². The van der Waals surface area contributed by atoms with E-state index in [1.54, 1.807) is 18.3 Å². The maximum atomic E-state index is 13.0. The van der Waals surface area contributed by atoms with Gasteiger partial charge in [-0.25, -0.2) is 14.4 Å². The highest BCUT2D eigenvalue weighted by molar-refractivity contribution is 7.21. The Bertz CT molecular complexity index is 693. The molecule has 1 aromatic carbocycles. The average Bonchev–Trinajstić information content (AvgIpc) is 2.72. The molecular weight excluding hydrogens is 237 g/mol. The van der Waals surface area contributed by atoms with Crippen LogP contribution in [0.4, 0.5) is 10.2 Å². The largest absolute Gasteiger partial charge is 0.384 e. The van der Waals surface area contributed by atoms with E-state index in [0.29, 0.717) is 11.3 Å². The van der Waals surface area contributed by atoms with E-state index in [0.717, 1.165) is 15.3 Å². The first-order valence-corrected chi connectivity index (χ1v) is 5.82. The van der Waals surface area contributed by atoms with Gasteiger partial charge >= 0.3 is 0 Å². The highest BCUT2D eigenvalue weighted by atomic mass is 32.1. The van der Waals surface area contributed by atoms with E-state index in [2.05, 4.69) is 9.97 Å². The predicted molar refractivity (Wildman–Crippen MR) is 67.2 cm³/mol. The molecule has 2 N–H and O–H groups in total. The number of hydrogen-bond donors (Lipinski definition) is 1. The summed E-state index contributed by atoms with van der Waals surface area (Å²) in [6, 6.07) is 8.19. The first-order valence-electron chi connectivity index (χ1n) is 5.00. The van der Waals surface area contributed by atoms with Crippen molar-refractivity contribution in [3.05, 3.63) is 42.3 Å². The smallest absolute Gasteiger partial charge is 0.125 e. The Morgan fingerprint density at radius 2 is 2.06 bits per heavy atom. The molecule has 0 aliphatic heterocycles. The van der Waals surface area contributed by atoms with Crippen LogP contribution in [-0.2, 0) is 0 Å². The van der Waals surface area contributed by atoms with Gasteiger partial charge in [-0.1, -0.05) is 0 Å². The second-order valence-electron chi connectivity index (χ2n) is 3.60. The van der Waals surface area contributed by atoms with Crippen LogP contribution in [0, 0.1) is 5.82 Å². The van der Waals surface area contributed by atoms with Gasteiger partial charge in [0.15, 0.2) is 0 Å². The van der Waals surface area contributed by atoms with Crippen LogP contribution in [0.25, 0.3) is 20.8 Å². The SMILES string of the molecule is Nc1cc(-c2nc3cc(F)ccc3s2)ccn1. The van der Waals surface area contributed by atoms with E-state index in [-0.39, 0.29) is 5.82 Å². The molecule has 0 bridgehead atoms. The van der Waals surface area contributed by atoms with Crippen LogP contribution in [0.2, 0.25) is 0 Å². The number of nitrogen functional groups attached to an aromatic ring is 1. The lowest BCUT2D eigenvalue weighted by Gasteiger charge is -1.95. The van der Waals surface area contributed by atoms with Gasteiger partial charge < -0.3 is 5.73 Å². The summed E-state index contributed by atoms with van der Waals surface area (Å²) in [4.78, 5) is 8.31. The number of hydrogen-bond acceptors (Lipinski definition) is 4. The first-order chi connectivity index (χ1) is 8.22. The van der Waals surface area contributed by atoms with Crippen LogP contribution in [0.1, 0.15) is 0 Å². The molecule has 3 aromatic rings. The van der Waals surface area contributed by atoms with Crippen LogP contribution >= 0.6 is 11.3 Å². The number of nitrogens with two attached hydrogens (primary N) is 1. The van der Waals surface area contributed by atoms with E-state index in [1.807, 2.05) is 6.07 Å². The van der Waals surface area contributed by atoms with E-state index in [4.69, 9.17) is 5.73 Å². The fourth-order valence-electron chi connectivity index (χ4n) is 1.61. The summed E-state index contributed by atoms with van der Waals surface area (Å²) < 4.78 is 14.0. The van der Waals surface area contributed by atoms with Gasteiger partial charge in [0.2, 0.25) is 0 Å². The minimum Gasteiger partial charge on any atom is -0.384 e. The summed E-state index contributed by atoms with van der Waals surface area (Å²) in [6.45, 7) is 0. The van der Waals surface area contributed by atoms with Gasteiger partial charge in [0.1, 0.15) is 16.6 Å². The number of thiazole rings is 1. The minimum atomic E-state index is -0.274. The number of nitrogens with zero attached hydrogens (tertiary/aromatic N) is 2. The van der Waals surface area contributed by atoms with Crippen LogP contribution in [0.5, 0.6) is 0 Å². The molecule has 0 aliphatic rings. The third-order valence-electron chi connectivity index (χ3n) is 2.38. The second-order valence-corrected chi connectivity index (χ2v) is 4.63. The number of halogens is 1. The molecule has 84 valence electrons. The van der Waals surface area contributed by atoms with Gasteiger partial charge in [0.25, 0.3) is 0 Å². The monoisotopic (exact) mass is 245 g/mol. The van der Waals surface area contributed by atoms with E-state index in [1.165, 1.54) is 23.5 Å². The zero-order valence-electron chi connectivity index (χ0n) is 8.72. The number of anilines is 1. The van der Waals surface area contributed by atoms with E-state index >= 15 is 0 Å². The van der Waals surface area contributed by atoms with Crippen LogP contribution < -0.4 is 5.73 Å². The molecule has 0 radical (unpaired) electrons. The fraction of sp³-hybridized carbons (Fsp3) is 0. The lowest BCUT2D eigenvalue weighted by molar-refractivity contribution is 0.629. The highest BCUT2D eigenvalue weighted by Gasteiger charge is 2.07. The number of pyridine rings is 1. The summed E-state index contributed by atoms with van der Waals surface area (Å²) in [6.07, 6.45) is 1.64. The summed E-state index contributed by atoms with van der Waals surface area (Å²) in [5.41, 5.74) is 7.19. The maximum Gasteiger partial charge on any atom is 0.125 e. The average molecular weight is 245 g/mol. The van der Waals surface area contributed by atoms with Gasteiger partial charge in [0.05, 0.1) is 10.2 Å². The third kappa shape index (κ3) is 1.85. The molecule has 17 heavy (non-hydrogen) atoms. The summed E-state index contributed by atoms with van der Waals surface area (Å²) in [5, 5.41) is 0.819. The van der Waals surface area contributed by atoms with Crippen LogP contribution in [-0.4, -0.2) is 9.97 Å². The molecule has 0 fully saturated rings. The normalized spacial score (nSPS) is 10.9. The number of aromatic nitrogens is 2. The Hall–Kier alpha value is -2.01. The zero-order valence-corrected chi connectivity index (χ0v) is 9.54. The lowest BCUT2D eigenvalue weighted by Crippen LogP contribution is -1.88. The Morgan fingerprint density at radius 3 is 2.88 bits per heavy atom. The van der Waals surface area contributed by atoms with Crippen molar-refractivity contribution in [2.24, 2.45) is 0 Å². The topological polar surface area (TPSA) is 51.8 Å². The van der Waals surface area contributed by atoms with E-state index in [9.17, 15) is 4.39 Å². The summed E-state index contributed by atoms with van der Waals surface area (Å²) in [7, 11) is 0. The van der Waals surface area contributed by atoms with Crippen molar-refractivity contribution < 1.29 is 4.39 Å². The molecule has 2 heterocycles. The molecule has 3 rings (SSSR count). The highest BCUT2D eigenvalue weighted by Crippen LogP contribution is 2.30. The van der Waals surface area contributed by atoms with Gasteiger partial charge in [-0.3, -0.25) is 0 Å². The first kappa shape index (κ1) is 10.2. The van der Waals surface area contributed by atoms with Crippen molar-refractivity contribution in [1.82, 2.24) is 9.97 Å². The van der Waals surface area contributed by atoms with Crippen LogP contribution in [0.3, 0.4) is 0 Å². The molecule has 0 spiro atoms. The standard InChI is InChI=1S/C12H8FN3S/c13-8-1-2-10-9(6-8)16-12(17-10)7-3-4-15-11(14)5-7/h1-6H,(H2,14,15). The lowest BCUT2D eigenvalue weighted by atomic mass is 10.3. The van der Waals surface area contributed by atoms with Gasteiger partial charge in [-0.05, 0) is 24.3 Å². The summed E-state index contributed by atoms with van der Waals surface area (Å²) in [5.74, 6) is 0.177. The minimum absolute atomic E-state index is 0.274.